The lowest BCUT2D eigenvalue weighted by Gasteiger charge is -2.41. The Balaban J connectivity index is 1.19. The summed E-state index contributed by atoms with van der Waals surface area (Å²) in [5, 5.41) is 20.8. The lowest BCUT2D eigenvalue weighted by molar-refractivity contribution is -0.384. The van der Waals surface area contributed by atoms with Gasteiger partial charge < -0.3 is 14.5 Å². The van der Waals surface area contributed by atoms with Crippen molar-refractivity contribution in [3.05, 3.63) is 57.3 Å². The minimum atomic E-state index is -3.83. The molecule has 12 nitrogen and oxygen atoms in total. The quantitative estimate of drug-likeness (QED) is 0.114. The van der Waals surface area contributed by atoms with Gasteiger partial charge in [-0.05, 0) is 56.4 Å². The summed E-state index contributed by atoms with van der Waals surface area (Å²) in [5.41, 5.74) is 2.26. The Morgan fingerprint density at radius 3 is 2.57 bits per heavy atom. The topological polar surface area (TPSA) is 159 Å². The van der Waals surface area contributed by atoms with Gasteiger partial charge in [-0.2, -0.15) is 5.26 Å². The fourth-order valence-corrected chi connectivity index (χ4v) is 6.95. The predicted molar refractivity (Wildman–Crippen MR) is 163 cm³/mol. The van der Waals surface area contributed by atoms with Crippen molar-refractivity contribution in [1.29, 1.82) is 5.26 Å². The average molecular weight is 709 g/mol. The van der Waals surface area contributed by atoms with Crippen molar-refractivity contribution in [3.8, 4) is 6.07 Å². The average Bonchev–Trinajstić information content (AvgIpc) is 3.89. The molecule has 1 N–H and O–H groups in total. The molecule has 1 saturated heterocycles. The molecule has 3 aliphatic rings. The van der Waals surface area contributed by atoms with E-state index in [0.29, 0.717) is 43.5 Å². The van der Waals surface area contributed by atoms with Crippen molar-refractivity contribution in [3.63, 3.8) is 0 Å². The van der Waals surface area contributed by atoms with Crippen molar-refractivity contribution >= 4 is 50.0 Å². The van der Waals surface area contributed by atoms with E-state index in [2.05, 4.69) is 45.2 Å². The van der Waals surface area contributed by atoms with Crippen molar-refractivity contribution in [1.82, 2.24) is 14.6 Å². The minimum absolute atomic E-state index is 0.0339. The van der Waals surface area contributed by atoms with Crippen LogP contribution in [0.3, 0.4) is 0 Å². The third-order valence-electron chi connectivity index (χ3n) is 7.78. The van der Waals surface area contributed by atoms with Crippen LogP contribution in [0.5, 0.6) is 0 Å². The summed E-state index contributed by atoms with van der Waals surface area (Å²) in [6, 6.07) is 8.98. The number of nitrogens with zero attached hydrogens (tertiary/aromatic N) is 5. The number of rotatable bonds is 12. The number of nitro benzene ring substituents is 1. The molecule has 1 aromatic heterocycles. The van der Waals surface area contributed by atoms with E-state index in [1.54, 1.807) is 0 Å². The molecule has 1 aromatic carbocycles. The molecule has 5 rings (SSSR count). The van der Waals surface area contributed by atoms with Gasteiger partial charge in [-0.15, -0.1) is 0 Å². The van der Waals surface area contributed by atoms with Gasteiger partial charge in [0.15, 0.2) is 0 Å². The highest BCUT2D eigenvalue weighted by Gasteiger charge is 2.38. The van der Waals surface area contributed by atoms with Crippen LogP contribution >= 0.6 is 22.6 Å². The minimum Gasteiger partial charge on any atom is -0.379 e. The molecular weight excluding hydrogens is 675 g/mol. The maximum Gasteiger partial charge on any atom is 0.269 e. The number of ether oxygens (including phenoxy) is 1. The van der Waals surface area contributed by atoms with Crippen LogP contribution in [-0.2, 0) is 19.6 Å². The zero-order chi connectivity index (χ0) is 30.0. The molecule has 0 spiro atoms. The summed E-state index contributed by atoms with van der Waals surface area (Å²) in [5.74, 6) is 1.45. The molecule has 224 valence electrons. The monoisotopic (exact) mass is 708 g/mol. The van der Waals surface area contributed by atoms with Crippen LogP contribution in [0.2, 0.25) is 0 Å². The first-order valence-corrected chi connectivity index (χ1v) is 16.8. The summed E-state index contributed by atoms with van der Waals surface area (Å²) in [4.78, 5) is 31.9. The first-order chi connectivity index (χ1) is 20.1. The van der Waals surface area contributed by atoms with Crippen LogP contribution in [0.25, 0.3) is 0 Å². The highest BCUT2D eigenvalue weighted by Crippen LogP contribution is 2.45. The molecule has 1 unspecified atom stereocenters. The Morgan fingerprint density at radius 2 is 1.98 bits per heavy atom. The number of benzene rings is 1. The second kappa shape index (κ2) is 12.8. The van der Waals surface area contributed by atoms with Crippen molar-refractivity contribution in [2.75, 3.05) is 44.3 Å². The van der Waals surface area contributed by atoms with Gasteiger partial charge >= 0.3 is 0 Å². The maximum absolute atomic E-state index is 12.7. The molecule has 2 atom stereocenters. The number of aromatic nitrogens is 1. The van der Waals surface area contributed by atoms with Gasteiger partial charge in [0.1, 0.15) is 11.9 Å². The van der Waals surface area contributed by atoms with E-state index >= 15 is 0 Å². The molecule has 3 fully saturated rings. The molecule has 2 aliphatic carbocycles. The van der Waals surface area contributed by atoms with Gasteiger partial charge in [0.2, 0.25) is 15.9 Å². The Hall–Kier alpha value is -2.87. The third kappa shape index (κ3) is 7.01. The molecule has 14 heteroatoms. The number of pyridine rings is 1. The predicted octanol–water partition coefficient (Wildman–Crippen LogP) is 3.66. The number of sulfonamides is 1. The van der Waals surface area contributed by atoms with Crippen LogP contribution in [0.1, 0.15) is 59.3 Å². The maximum atomic E-state index is 12.7. The van der Waals surface area contributed by atoms with E-state index in [0.717, 1.165) is 49.1 Å². The summed E-state index contributed by atoms with van der Waals surface area (Å²) in [6.07, 6.45) is 4.05. The number of alkyl halides is 1. The molecule has 0 radical (unpaired) electrons. The number of nitrogens with one attached hydrogen (secondary N) is 1. The van der Waals surface area contributed by atoms with Gasteiger partial charge in [0, 0.05) is 56.2 Å². The number of hydrogen-bond acceptors (Lipinski definition) is 9. The normalized spacial score (nSPS) is 19.8. The van der Waals surface area contributed by atoms with Gasteiger partial charge in [0.05, 0.1) is 38.2 Å². The van der Waals surface area contributed by atoms with E-state index in [1.165, 1.54) is 12.1 Å². The van der Waals surface area contributed by atoms with Crippen LogP contribution in [0.4, 0.5) is 11.5 Å². The molecular formula is C28H33IN6O6S. The van der Waals surface area contributed by atoms with E-state index in [-0.39, 0.29) is 45.5 Å². The van der Waals surface area contributed by atoms with E-state index < -0.39 is 14.9 Å². The molecule has 1 aliphatic heterocycles. The Labute approximate surface area is 258 Å². The summed E-state index contributed by atoms with van der Waals surface area (Å²) < 4.78 is 33.1. The van der Waals surface area contributed by atoms with E-state index in [9.17, 15) is 28.6 Å². The number of nitriles is 1. The number of nitro groups is 1. The molecule has 2 aromatic rings. The summed E-state index contributed by atoms with van der Waals surface area (Å²) in [7, 11) is -3.83. The van der Waals surface area contributed by atoms with Gasteiger partial charge in [-0.25, -0.2) is 18.1 Å². The number of piperazine rings is 1. The number of halogens is 1. The lowest BCUT2D eigenvalue weighted by atomic mass is 10.0. The first-order valence-electron chi connectivity index (χ1n) is 14.1. The largest absolute Gasteiger partial charge is 0.379 e. The molecule has 42 heavy (non-hydrogen) atoms. The van der Waals surface area contributed by atoms with Crippen LogP contribution in [0, 0.1) is 27.4 Å². The molecule has 2 heterocycles. The van der Waals surface area contributed by atoms with Gasteiger partial charge in [-0.3, -0.25) is 14.9 Å². The number of carbonyl (C=O) groups is 1. The zero-order valence-corrected chi connectivity index (χ0v) is 26.2. The first kappa shape index (κ1) is 30.6. The SMILES string of the molecule is C[C@@H]1CN(c2nc(C3CC3)c(C(I)COCCNS(=O)(=O)c3ccc([N+](=O)[O-])cc3)cc2C#N)CCN1C(=O)C1CC1. The van der Waals surface area contributed by atoms with Crippen LogP contribution in [0.15, 0.2) is 35.2 Å². The van der Waals surface area contributed by atoms with Gasteiger partial charge in [-0.1, -0.05) is 22.6 Å². The standard InChI is InChI=1S/C28H33IN6O6S/c1-18-16-33(11-12-34(18)28(36)20-4-5-20)27-21(15-30)14-24(26(32-27)19-2-3-19)25(29)17-41-13-10-31-42(39,40)23-8-6-22(7-9-23)35(37)38/h6-9,14,18-20,25,31H,2-5,10-13,16-17H2,1H3/t18-,25?/m1/s1. The number of hydrogen-bond donors (Lipinski definition) is 1. The van der Waals surface area contributed by atoms with Crippen molar-refractivity contribution < 1.29 is 22.9 Å². The van der Waals surface area contributed by atoms with Crippen LogP contribution < -0.4 is 9.62 Å². The summed E-state index contributed by atoms with van der Waals surface area (Å²) >= 11 is 2.28. The lowest BCUT2D eigenvalue weighted by Crippen LogP contribution is -2.55. The summed E-state index contributed by atoms with van der Waals surface area (Å²) in [6.45, 7) is 4.43. The Kier molecular flexibility index (Phi) is 9.31. The zero-order valence-electron chi connectivity index (χ0n) is 23.2. The smallest absolute Gasteiger partial charge is 0.269 e. The Bertz CT molecular complexity index is 1490. The number of carbonyl (C=O) groups excluding carboxylic acids is 1. The van der Waals surface area contributed by atoms with Crippen molar-refractivity contribution in [2.45, 2.75) is 53.4 Å². The Morgan fingerprint density at radius 1 is 1.26 bits per heavy atom. The van der Waals surface area contributed by atoms with Crippen LogP contribution in [-0.4, -0.2) is 74.6 Å². The molecule has 2 saturated carbocycles. The highest BCUT2D eigenvalue weighted by atomic mass is 127. The number of non-ortho nitro benzene ring substituents is 1. The van der Waals surface area contributed by atoms with E-state index in [4.69, 9.17) is 9.72 Å². The van der Waals surface area contributed by atoms with E-state index in [1.807, 2.05) is 11.0 Å². The highest BCUT2D eigenvalue weighted by molar-refractivity contribution is 14.1. The number of anilines is 1. The van der Waals surface area contributed by atoms with Gasteiger partial charge in [0.25, 0.3) is 5.69 Å². The molecule has 0 bridgehead atoms. The second-order valence-electron chi connectivity index (χ2n) is 11.0. The fraction of sp³-hybridized carbons (Fsp3) is 0.536. The second-order valence-corrected chi connectivity index (χ2v) is 14.3. The van der Waals surface area contributed by atoms with Crippen molar-refractivity contribution in [2.24, 2.45) is 5.92 Å². The fourth-order valence-electron chi connectivity index (χ4n) is 5.19. The third-order valence-corrected chi connectivity index (χ3v) is 10.3. The number of amides is 1. The molecule has 1 amide bonds.